The second-order valence-corrected chi connectivity index (χ2v) is 6.77. The molecule has 0 aliphatic rings. The number of hydrogen-bond donors (Lipinski definition) is 0. The Balaban J connectivity index is 1.95. The maximum atomic E-state index is 12.1. The second-order valence-electron chi connectivity index (χ2n) is 4.99. The molecule has 0 fully saturated rings. The highest BCUT2D eigenvalue weighted by Crippen LogP contribution is 2.26. The number of nitrogens with zero attached hydrogens (tertiary/aromatic N) is 2. The molecule has 0 radical (unpaired) electrons. The van der Waals surface area contributed by atoms with Crippen LogP contribution in [0.4, 0.5) is 0 Å². The predicted octanol–water partition coefficient (Wildman–Crippen LogP) is 3.61. The van der Waals surface area contributed by atoms with Crippen LogP contribution in [0.3, 0.4) is 0 Å². The van der Waals surface area contributed by atoms with E-state index in [0.717, 1.165) is 27.2 Å². The number of carbonyl (C=O) groups excluding carboxylic acids is 1. The number of thiazole rings is 1. The predicted molar refractivity (Wildman–Crippen MR) is 93.1 cm³/mol. The summed E-state index contributed by atoms with van der Waals surface area (Å²) in [4.78, 5) is 18.4. The zero-order chi connectivity index (χ0) is 15.9. The van der Waals surface area contributed by atoms with E-state index in [1.807, 2.05) is 36.7 Å². The number of amides is 1. The van der Waals surface area contributed by atoms with Gasteiger partial charge in [0.15, 0.2) is 0 Å². The van der Waals surface area contributed by atoms with E-state index in [0.29, 0.717) is 19.6 Å². The van der Waals surface area contributed by atoms with Gasteiger partial charge in [-0.25, -0.2) is 4.98 Å². The summed E-state index contributed by atoms with van der Waals surface area (Å²) in [5.41, 5.74) is 1.88. The van der Waals surface area contributed by atoms with E-state index in [1.54, 1.807) is 23.3 Å². The maximum Gasteiger partial charge on any atom is 0.228 e. The first kappa shape index (κ1) is 17.1. The van der Waals surface area contributed by atoms with Crippen molar-refractivity contribution in [2.75, 3.05) is 27.3 Å². The molecule has 0 saturated carbocycles. The van der Waals surface area contributed by atoms with Crippen molar-refractivity contribution in [1.82, 2.24) is 9.88 Å². The number of methoxy groups -OCH3 is 1. The molecule has 1 aromatic heterocycles. The molecule has 0 saturated heterocycles. The summed E-state index contributed by atoms with van der Waals surface area (Å²) in [5, 5.41) is 2.89. The third-order valence-corrected chi connectivity index (χ3v) is 4.66. The normalized spacial score (nSPS) is 10.7. The van der Waals surface area contributed by atoms with Gasteiger partial charge in [0.1, 0.15) is 5.01 Å². The first-order valence-corrected chi connectivity index (χ1v) is 8.70. The first-order chi connectivity index (χ1) is 10.6. The molecule has 4 nitrogen and oxygen atoms in total. The molecule has 0 N–H and O–H groups in total. The molecule has 2 rings (SSSR count). The zero-order valence-electron chi connectivity index (χ0n) is 12.7. The summed E-state index contributed by atoms with van der Waals surface area (Å²) in [6, 6.07) is 8.01. The van der Waals surface area contributed by atoms with Crippen LogP contribution in [0.15, 0.2) is 34.1 Å². The lowest BCUT2D eigenvalue weighted by Gasteiger charge is -2.16. The summed E-state index contributed by atoms with van der Waals surface area (Å²) in [6.45, 7) is 1.37. The van der Waals surface area contributed by atoms with Crippen LogP contribution in [0.1, 0.15) is 12.1 Å². The highest BCUT2D eigenvalue weighted by Gasteiger charge is 2.12. The van der Waals surface area contributed by atoms with Gasteiger partial charge in [0.05, 0.1) is 12.1 Å². The number of benzene rings is 1. The fraction of sp³-hybridized carbons (Fsp3) is 0.375. The summed E-state index contributed by atoms with van der Waals surface area (Å²) < 4.78 is 6.02. The van der Waals surface area contributed by atoms with Gasteiger partial charge in [0, 0.05) is 42.7 Å². The van der Waals surface area contributed by atoms with Crippen molar-refractivity contribution in [2.45, 2.75) is 12.8 Å². The third kappa shape index (κ3) is 4.90. The average molecular weight is 383 g/mol. The first-order valence-electron chi connectivity index (χ1n) is 7.03. The van der Waals surface area contributed by atoms with Crippen molar-refractivity contribution >= 4 is 33.2 Å². The number of aromatic nitrogens is 1. The quantitative estimate of drug-likeness (QED) is 0.686. The number of halogens is 1. The molecule has 2 aromatic rings. The number of carbonyl (C=O) groups is 1. The molecule has 0 aliphatic heterocycles. The lowest BCUT2D eigenvalue weighted by molar-refractivity contribution is -0.129. The monoisotopic (exact) mass is 382 g/mol. The van der Waals surface area contributed by atoms with E-state index >= 15 is 0 Å². The van der Waals surface area contributed by atoms with E-state index in [2.05, 4.69) is 20.9 Å². The molecule has 0 bridgehead atoms. The molecule has 0 atom stereocenters. The second kappa shape index (κ2) is 8.41. The third-order valence-electron chi connectivity index (χ3n) is 3.22. The van der Waals surface area contributed by atoms with Gasteiger partial charge in [-0.15, -0.1) is 11.3 Å². The van der Waals surface area contributed by atoms with E-state index in [9.17, 15) is 4.79 Å². The smallest absolute Gasteiger partial charge is 0.228 e. The molecule has 1 heterocycles. The summed E-state index contributed by atoms with van der Waals surface area (Å²) in [7, 11) is 3.49. The Labute approximate surface area is 143 Å². The molecular weight excluding hydrogens is 364 g/mol. The SMILES string of the molecule is COCCCN(C)C(=O)Cc1csc(-c2cccc(Br)c2)n1. The van der Waals surface area contributed by atoms with Crippen LogP contribution >= 0.6 is 27.3 Å². The van der Waals surface area contributed by atoms with Crippen LogP contribution in [-0.2, 0) is 16.0 Å². The topological polar surface area (TPSA) is 42.4 Å². The Morgan fingerprint density at radius 1 is 1.45 bits per heavy atom. The minimum absolute atomic E-state index is 0.0854. The molecule has 6 heteroatoms. The van der Waals surface area contributed by atoms with Crippen LogP contribution in [0, 0.1) is 0 Å². The van der Waals surface area contributed by atoms with Gasteiger partial charge in [-0.2, -0.15) is 0 Å². The molecule has 0 aliphatic carbocycles. The Kier molecular flexibility index (Phi) is 6.54. The Bertz CT molecular complexity index is 630. The Morgan fingerprint density at radius 3 is 3.00 bits per heavy atom. The van der Waals surface area contributed by atoms with Crippen molar-refractivity contribution < 1.29 is 9.53 Å². The van der Waals surface area contributed by atoms with Gasteiger partial charge >= 0.3 is 0 Å². The van der Waals surface area contributed by atoms with E-state index in [-0.39, 0.29) is 5.91 Å². The lowest BCUT2D eigenvalue weighted by atomic mass is 10.2. The standard InChI is InChI=1S/C16H19BrN2O2S/c1-19(7-4-8-21-2)15(20)10-14-11-22-16(18-14)12-5-3-6-13(17)9-12/h3,5-6,9,11H,4,7-8,10H2,1-2H3. The molecule has 22 heavy (non-hydrogen) atoms. The van der Waals surface area contributed by atoms with Crippen LogP contribution < -0.4 is 0 Å². The largest absolute Gasteiger partial charge is 0.385 e. The van der Waals surface area contributed by atoms with Crippen molar-refractivity contribution in [2.24, 2.45) is 0 Å². The van der Waals surface area contributed by atoms with Crippen LogP contribution in [-0.4, -0.2) is 43.1 Å². The van der Waals surface area contributed by atoms with Crippen molar-refractivity contribution in [3.63, 3.8) is 0 Å². The maximum absolute atomic E-state index is 12.1. The van der Waals surface area contributed by atoms with Gasteiger partial charge in [-0.1, -0.05) is 28.1 Å². The van der Waals surface area contributed by atoms with Crippen molar-refractivity contribution in [3.05, 3.63) is 39.8 Å². The minimum atomic E-state index is 0.0854. The summed E-state index contributed by atoms with van der Waals surface area (Å²) >= 11 is 5.03. The highest BCUT2D eigenvalue weighted by molar-refractivity contribution is 9.10. The molecule has 0 unspecified atom stereocenters. The van der Waals surface area contributed by atoms with Gasteiger partial charge in [0.2, 0.25) is 5.91 Å². The zero-order valence-corrected chi connectivity index (χ0v) is 15.1. The van der Waals surface area contributed by atoms with Crippen LogP contribution in [0.25, 0.3) is 10.6 Å². The number of hydrogen-bond acceptors (Lipinski definition) is 4. The number of rotatable bonds is 7. The molecule has 1 aromatic carbocycles. The van der Waals surface area contributed by atoms with E-state index in [4.69, 9.17) is 4.74 Å². The highest BCUT2D eigenvalue weighted by atomic mass is 79.9. The number of likely N-dealkylation sites (N-methyl/N-ethyl adjacent to an activating group) is 1. The van der Waals surface area contributed by atoms with Gasteiger partial charge in [-0.05, 0) is 18.6 Å². The van der Waals surface area contributed by atoms with Gasteiger partial charge in [-0.3, -0.25) is 4.79 Å². The fourth-order valence-corrected chi connectivity index (χ4v) is 3.22. The Morgan fingerprint density at radius 2 is 2.27 bits per heavy atom. The summed E-state index contributed by atoms with van der Waals surface area (Å²) in [5.74, 6) is 0.0854. The molecular formula is C16H19BrN2O2S. The van der Waals surface area contributed by atoms with E-state index in [1.165, 1.54) is 0 Å². The van der Waals surface area contributed by atoms with Gasteiger partial charge < -0.3 is 9.64 Å². The minimum Gasteiger partial charge on any atom is -0.385 e. The number of ether oxygens (including phenoxy) is 1. The molecule has 118 valence electrons. The summed E-state index contributed by atoms with van der Waals surface area (Å²) in [6.07, 6.45) is 1.19. The van der Waals surface area contributed by atoms with Crippen LogP contribution in [0.2, 0.25) is 0 Å². The van der Waals surface area contributed by atoms with Crippen molar-refractivity contribution in [3.8, 4) is 10.6 Å². The van der Waals surface area contributed by atoms with Crippen molar-refractivity contribution in [1.29, 1.82) is 0 Å². The molecule has 0 spiro atoms. The lowest BCUT2D eigenvalue weighted by Crippen LogP contribution is -2.29. The fourth-order valence-electron chi connectivity index (χ4n) is 2.00. The van der Waals surface area contributed by atoms with E-state index < -0.39 is 0 Å². The van der Waals surface area contributed by atoms with Crippen LogP contribution in [0.5, 0.6) is 0 Å². The van der Waals surface area contributed by atoms with Gasteiger partial charge in [0.25, 0.3) is 0 Å². The average Bonchev–Trinajstić information content (AvgIpc) is 2.96. The Hall–Kier alpha value is -1.24. The molecule has 1 amide bonds.